The Bertz CT molecular complexity index is 406. The molecule has 1 atom stereocenters. The number of nitrogens with zero attached hydrogens (tertiary/aromatic N) is 2. The van der Waals surface area contributed by atoms with Crippen molar-refractivity contribution in [2.75, 3.05) is 0 Å². The van der Waals surface area contributed by atoms with Crippen LogP contribution in [0.15, 0.2) is 6.20 Å². The summed E-state index contributed by atoms with van der Waals surface area (Å²) in [6.45, 7) is 12.5. The average Bonchev–Trinajstić information content (AvgIpc) is 2.95. The van der Waals surface area contributed by atoms with Crippen LogP contribution in [0.3, 0.4) is 0 Å². The normalized spacial score (nSPS) is 13.0. The fourth-order valence-corrected chi connectivity index (χ4v) is 3.28. The van der Waals surface area contributed by atoms with Gasteiger partial charge in [-0.2, -0.15) is 0 Å². The summed E-state index contributed by atoms with van der Waals surface area (Å²) in [5.41, 5.74) is 1.27. The molecule has 0 amide bonds. The van der Waals surface area contributed by atoms with Crippen LogP contribution < -0.4 is 0 Å². The molecule has 0 spiro atoms. The van der Waals surface area contributed by atoms with E-state index in [-0.39, 0.29) is 0 Å². The Morgan fingerprint density at radius 3 is 2.04 bits per heavy atom. The maximum atomic E-state index is 4.94. The number of aryl methyl sites for hydroxylation is 1. The molecule has 0 bridgehead atoms. The maximum absolute atomic E-state index is 4.94. The number of unbranched alkanes of at least 4 members (excludes halogenated alkanes) is 7. The van der Waals surface area contributed by atoms with Crippen LogP contribution in [0.5, 0.6) is 0 Å². The fraction of sp³-hybridized carbons (Fsp3) is 0.857. The number of imidazole rings is 1. The monoisotopic (exact) mass is 320 g/mol. The molecule has 1 aromatic rings. The van der Waals surface area contributed by atoms with Gasteiger partial charge in [0.25, 0.3) is 0 Å². The fourth-order valence-electron chi connectivity index (χ4n) is 3.28. The van der Waals surface area contributed by atoms with E-state index in [0.717, 1.165) is 6.54 Å². The van der Waals surface area contributed by atoms with Gasteiger partial charge in [0.15, 0.2) is 0 Å². The smallest absolute Gasteiger partial charge is 0.111 e. The number of rotatable bonds is 13. The van der Waals surface area contributed by atoms with Crippen molar-refractivity contribution in [3.8, 4) is 0 Å². The Morgan fingerprint density at radius 1 is 0.870 bits per heavy atom. The van der Waals surface area contributed by atoms with E-state index in [9.17, 15) is 0 Å². The van der Waals surface area contributed by atoms with Crippen molar-refractivity contribution < 1.29 is 0 Å². The van der Waals surface area contributed by atoms with Gasteiger partial charge in [0.05, 0.1) is 5.69 Å². The minimum Gasteiger partial charge on any atom is -0.334 e. The molecule has 0 fully saturated rings. The molecule has 1 unspecified atom stereocenters. The van der Waals surface area contributed by atoms with E-state index < -0.39 is 0 Å². The minimum absolute atomic E-state index is 0.530. The van der Waals surface area contributed by atoms with Gasteiger partial charge in [-0.1, -0.05) is 86.0 Å². The van der Waals surface area contributed by atoms with Gasteiger partial charge in [-0.15, -0.1) is 0 Å². The molecular formula is C21H40N2. The molecule has 0 radical (unpaired) electrons. The average molecular weight is 321 g/mol. The van der Waals surface area contributed by atoms with Gasteiger partial charge in [0, 0.05) is 18.7 Å². The van der Waals surface area contributed by atoms with Crippen LogP contribution in [0.1, 0.15) is 122 Å². The van der Waals surface area contributed by atoms with Crippen LogP contribution in [0, 0.1) is 0 Å². The molecule has 0 aliphatic heterocycles. The highest BCUT2D eigenvalue weighted by Crippen LogP contribution is 2.24. The van der Waals surface area contributed by atoms with E-state index in [1.54, 1.807) is 0 Å². The van der Waals surface area contributed by atoms with Gasteiger partial charge >= 0.3 is 0 Å². The zero-order valence-electron chi connectivity index (χ0n) is 16.4. The zero-order chi connectivity index (χ0) is 17.1. The summed E-state index contributed by atoms with van der Waals surface area (Å²) in [7, 11) is 0. The molecule has 134 valence electrons. The van der Waals surface area contributed by atoms with E-state index in [0.29, 0.717) is 11.8 Å². The first kappa shape index (κ1) is 20.3. The van der Waals surface area contributed by atoms with Crippen molar-refractivity contribution in [1.29, 1.82) is 0 Å². The lowest BCUT2D eigenvalue weighted by Gasteiger charge is -2.13. The largest absolute Gasteiger partial charge is 0.334 e. The molecule has 1 heterocycles. The molecule has 2 nitrogen and oxygen atoms in total. The Kier molecular flexibility index (Phi) is 10.3. The summed E-state index contributed by atoms with van der Waals surface area (Å²) in [6.07, 6.45) is 15.9. The molecular weight excluding hydrogens is 280 g/mol. The summed E-state index contributed by atoms with van der Waals surface area (Å²) in [4.78, 5) is 4.94. The highest BCUT2D eigenvalue weighted by molar-refractivity contribution is 5.11. The zero-order valence-corrected chi connectivity index (χ0v) is 16.4. The molecule has 0 aliphatic carbocycles. The second-order valence-electron chi connectivity index (χ2n) is 7.54. The summed E-state index contributed by atoms with van der Waals surface area (Å²) in [5, 5.41) is 0. The van der Waals surface area contributed by atoms with Crippen molar-refractivity contribution in [2.24, 2.45) is 0 Å². The van der Waals surface area contributed by atoms with Gasteiger partial charge in [-0.05, 0) is 18.8 Å². The quantitative estimate of drug-likeness (QED) is 0.356. The third kappa shape index (κ3) is 7.54. The Morgan fingerprint density at radius 2 is 1.48 bits per heavy atom. The molecule has 1 rings (SSSR count). The van der Waals surface area contributed by atoms with E-state index in [4.69, 9.17) is 4.98 Å². The van der Waals surface area contributed by atoms with Crippen LogP contribution in [0.25, 0.3) is 0 Å². The summed E-state index contributed by atoms with van der Waals surface area (Å²) < 4.78 is 2.45. The molecule has 0 aromatic carbocycles. The first-order valence-corrected chi connectivity index (χ1v) is 10.2. The lowest BCUT2D eigenvalue weighted by atomic mass is 10.1. The predicted molar refractivity (Wildman–Crippen MR) is 102 cm³/mol. The first-order valence-electron chi connectivity index (χ1n) is 10.2. The van der Waals surface area contributed by atoms with Crippen molar-refractivity contribution in [3.05, 3.63) is 17.7 Å². The molecule has 0 saturated carbocycles. The summed E-state index contributed by atoms with van der Waals surface area (Å²) in [6, 6.07) is 0. The second-order valence-corrected chi connectivity index (χ2v) is 7.54. The molecule has 1 aromatic heterocycles. The lowest BCUT2D eigenvalue weighted by Crippen LogP contribution is -2.07. The predicted octanol–water partition coefficient (Wildman–Crippen LogP) is 7.05. The lowest BCUT2D eigenvalue weighted by molar-refractivity contribution is 0.515. The molecule has 0 aliphatic rings. The minimum atomic E-state index is 0.530. The van der Waals surface area contributed by atoms with E-state index in [1.165, 1.54) is 75.7 Å². The SMILES string of the molecule is CCCCCCCCCCn1cc(C(C)C)nc1C(C)CCC. The topological polar surface area (TPSA) is 17.8 Å². The third-order valence-electron chi connectivity index (χ3n) is 4.83. The van der Waals surface area contributed by atoms with E-state index >= 15 is 0 Å². The Balaban J connectivity index is 2.42. The van der Waals surface area contributed by atoms with Gasteiger partial charge < -0.3 is 4.57 Å². The Hall–Kier alpha value is -0.790. The van der Waals surface area contributed by atoms with E-state index in [1.807, 2.05) is 0 Å². The van der Waals surface area contributed by atoms with Crippen LogP contribution in [-0.2, 0) is 6.54 Å². The van der Waals surface area contributed by atoms with Gasteiger partial charge in [0.1, 0.15) is 5.82 Å². The van der Waals surface area contributed by atoms with Crippen molar-refractivity contribution in [2.45, 2.75) is 117 Å². The summed E-state index contributed by atoms with van der Waals surface area (Å²) in [5.74, 6) is 2.43. The van der Waals surface area contributed by atoms with Crippen LogP contribution in [0.4, 0.5) is 0 Å². The van der Waals surface area contributed by atoms with Gasteiger partial charge in [0.2, 0.25) is 0 Å². The second kappa shape index (κ2) is 11.7. The van der Waals surface area contributed by atoms with Crippen molar-refractivity contribution in [1.82, 2.24) is 9.55 Å². The van der Waals surface area contributed by atoms with Gasteiger partial charge in [-0.25, -0.2) is 4.98 Å². The molecule has 0 N–H and O–H groups in total. The van der Waals surface area contributed by atoms with Crippen LogP contribution >= 0.6 is 0 Å². The molecule has 2 heteroatoms. The Labute approximate surface area is 145 Å². The van der Waals surface area contributed by atoms with Crippen LogP contribution in [0.2, 0.25) is 0 Å². The van der Waals surface area contributed by atoms with Crippen molar-refractivity contribution in [3.63, 3.8) is 0 Å². The first-order chi connectivity index (χ1) is 11.1. The van der Waals surface area contributed by atoms with Crippen molar-refractivity contribution >= 4 is 0 Å². The van der Waals surface area contributed by atoms with Crippen LogP contribution in [-0.4, -0.2) is 9.55 Å². The highest BCUT2D eigenvalue weighted by atomic mass is 15.1. The third-order valence-corrected chi connectivity index (χ3v) is 4.83. The molecule has 23 heavy (non-hydrogen) atoms. The maximum Gasteiger partial charge on any atom is 0.111 e. The number of aromatic nitrogens is 2. The number of hydrogen-bond acceptors (Lipinski definition) is 1. The standard InChI is InChI=1S/C21H40N2/c1-6-8-9-10-11-12-13-14-16-23-17-20(18(3)4)22-21(23)19(5)15-7-2/h17-19H,6-16H2,1-5H3. The summed E-state index contributed by atoms with van der Waals surface area (Å²) >= 11 is 0. The van der Waals surface area contributed by atoms with E-state index in [2.05, 4.69) is 45.4 Å². The highest BCUT2D eigenvalue weighted by Gasteiger charge is 2.15. The number of hydrogen-bond donors (Lipinski definition) is 0. The molecule has 0 saturated heterocycles. The van der Waals surface area contributed by atoms with Gasteiger partial charge in [-0.3, -0.25) is 0 Å².